The Balaban J connectivity index is 1.58. The number of nitrogens with zero attached hydrogens (tertiary/aromatic N) is 2. The molecule has 1 aromatic heterocycles. The van der Waals surface area contributed by atoms with Crippen LogP contribution in [-0.2, 0) is 11.3 Å². The van der Waals surface area contributed by atoms with Crippen LogP contribution < -0.4 is 5.32 Å². The van der Waals surface area contributed by atoms with E-state index in [9.17, 15) is 14.4 Å². The van der Waals surface area contributed by atoms with Gasteiger partial charge in [0.2, 0.25) is 5.91 Å². The Morgan fingerprint density at radius 1 is 1.04 bits per heavy atom. The number of piperidine rings is 1. The van der Waals surface area contributed by atoms with Gasteiger partial charge in [0.05, 0.1) is 17.8 Å². The molecule has 0 bridgehead atoms. The fraction of sp³-hybridized carbons (Fsp3) is 0.300. The molecule has 2 heterocycles. The molecule has 1 fully saturated rings. The molecule has 1 aliphatic rings. The molecule has 1 aromatic carbocycles. The maximum Gasteiger partial charge on any atom is 0.407 e. The molecule has 1 saturated heterocycles. The average molecular weight is 383 g/mol. The van der Waals surface area contributed by atoms with Crippen LogP contribution in [0.5, 0.6) is 0 Å². The number of carbonyl (C=O) groups is 3. The second-order valence-corrected chi connectivity index (χ2v) is 6.68. The molecule has 8 nitrogen and oxygen atoms in total. The molecule has 0 aliphatic carbocycles. The van der Waals surface area contributed by atoms with Crippen molar-refractivity contribution in [1.29, 1.82) is 0 Å². The first kappa shape index (κ1) is 19.3. The average Bonchev–Trinajstić information content (AvgIpc) is 2.72. The number of carboxylic acids is 1. The Hall–Kier alpha value is -3.42. The molecule has 3 N–H and O–H groups in total. The minimum Gasteiger partial charge on any atom is -0.478 e. The number of hydrogen-bond acceptors (Lipinski definition) is 4. The molecule has 0 spiro atoms. The number of benzene rings is 1. The Bertz CT molecular complexity index is 874. The summed E-state index contributed by atoms with van der Waals surface area (Å²) in [6.45, 7) is 1.01. The van der Waals surface area contributed by atoms with Gasteiger partial charge >= 0.3 is 12.1 Å². The SMILES string of the molecule is O=C(O)c1ccc(-c2ccnc(CNC(=O)C3CCN(C(=O)O)CC3)c2)cc1. The maximum atomic E-state index is 12.3. The molecule has 3 rings (SSSR count). The van der Waals surface area contributed by atoms with E-state index in [1.165, 1.54) is 4.90 Å². The summed E-state index contributed by atoms with van der Waals surface area (Å²) >= 11 is 0. The summed E-state index contributed by atoms with van der Waals surface area (Å²) in [5, 5.41) is 20.8. The lowest BCUT2D eigenvalue weighted by atomic mass is 9.96. The van der Waals surface area contributed by atoms with Crippen LogP contribution in [0.4, 0.5) is 4.79 Å². The van der Waals surface area contributed by atoms with Gasteiger partial charge in [-0.25, -0.2) is 9.59 Å². The standard InChI is InChI=1S/C20H21N3O5/c24-18(14-6-9-23(10-7-14)20(27)28)22-12-17-11-16(5-8-21-17)13-1-3-15(4-2-13)19(25)26/h1-5,8,11,14H,6-7,9-10,12H2,(H,22,24)(H,25,26)(H,27,28). The van der Waals surface area contributed by atoms with Crippen molar-refractivity contribution in [3.05, 3.63) is 53.9 Å². The predicted octanol–water partition coefficient (Wildman–Crippen LogP) is 2.45. The number of likely N-dealkylation sites (tertiary alicyclic amines) is 1. The lowest BCUT2D eigenvalue weighted by Gasteiger charge is -2.29. The van der Waals surface area contributed by atoms with Crippen molar-refractivity contribution in [1.82, 2.24) is 15.2 Å². The highest BCUT2D eigenvalue weighted by Gasteiger charge is 2.26. The molecule has 146 valence electrons. The van der Waals surface area contributed by atoms with E-state index >= 15 is 0 Å². The van der Waals surface area contributed by atoms with Gasteiger partial charge in [-0.3, -0.25) is 9.78 Å². The van der Waals surface area contributed by atoms with E-state index in [1.807, 2.05) is 12.1 Å². The van der Waals surface area contributed by atoms with E-state index in [2.05, 4.69) is 10.3 Å². The van der Waals surface area contributed by atoms with E-state index < -0.39 is 12.1 Å². The van der Waals surface area contributed by atoms with Crippen LogP contribution in [0.3, 0.4) is 0 Å². The molecule has 0 saturated carbocycles. The summed E-state index contributed by atoms with van der Waals surface area (Å²) in [6.07, 6.45) is 1.73. The van der Waals surface area contributed by atoms with E-state index in [0.29, 0.717) is 31.6 Å². The van der Waals surface area contributed by atoms with Crippen molar-refractivity contribution in [2.75, 3.05) is 13.1 Å². The van der Waals surface area contributed by atoms with Gasteiger partial charge in [0.25, 0.3) is 0 Å². The van der Waals surface area contributed by atoms with E-state index in [4.69, 9.17) is 10.2 Å². The number of pyridine rings is 1. The largest absolute Gasteiger partial charge is 0.478 e. The summed E-state index contributed by atoms with van der Waals surface area (Å²) in [5.74, 6) is -1.26. The van der Waals surface area contributed by atoms with Crippen LogP contribution in [0.15, 0.2) is 42.6 Å². The number of carboxylic acid groups (broad SMARTS) is 2. The van der Waals surface area contributed by atoms with Gasteiger partial charge in [-0.1, -0.05) is 12.1 Å². The quantitative estimate of drug-likeness (QED) is 0.729. The molecule has 1 aliphatic heterocycles. The first-order valence-corrected chi connectivity index (χ1v) is 8.98. The Kier molecular flexibility index (Phi) is 5.88. The molecule has 0 radical (unpaired) electrons. The smallest absolute Gasteiger partial charge is 0.407 e. The lowest BCUT2D eigenvalue weighted by molar-refractivity contribution is -0.126. The van der Waals surface area contributed by atoms with Gasteiger partial charge in [0.1, 0.15) is 0 Å². The van der Waals surface area contributed by atoms with Gasteiger partial charge in [-0.05, 0) is 48.2 Å². The maximum absolute atomic E-state index is 12.3. The number of rotatable bonds is 5. The molecular formula is C20H21N3O5. The van der Waals surface area contributed by atoms with Crippen LogP contribution >= 0.6 is 0 Å². The summed E-state index contributed by atoms with van der Waals surface area (Å²) in [4.78, 5) is 39.8. The van der Waals surface area contributed by atoms with Crippen LogP contribution in [0.25, 0.3) is 11.1 Å². The monoisotopic (exact) mass is 383 g/mol. The highest BCUT2D eigenvalue weighted by molar-refractivity contribution is 5.88. The zero-order valence-electron chi connectivity index (χ0n) is 15.2. The number of hydrogen-bond donors (Lipinski definition) is 3. The van der Waals surface area contributed by atoms with Crippen LogP contribution in [0, 0.1) is 5.92 Å². The highest BCUT2D eigenvalue weighted by atomic mass is 16.4. The molecule has 0 atom stereocenters. The number of carbonyl (C=O) groups excluding carboxylic acids is 1. The second kappa shape index (κ2) is 8.51. The van der Waals surface area contributed by atoms with Crippen molar-refractivity contribution in [2.24, 2.45) is 5.92 Å². The fourth-order valence-electron chi connectivity index (χ4n) is 3.21. The normalized spacial score (nSPS) is 14.5. The van der Waals surface area contributed by atoms with Gasteiger partial charge in [0, 0.05) is 25.2 Å². The van der Waals surface area contributed by atoms with Crippen molar-refractivity contribution in [2.45, 2.75) is 19.4 Å². The molecular weight excluding hydrogens is 362 g/mol. The minimum atomic E-state index is -0.973. The van der Waals surface area contributed by atoms with Gasteiger partial charge in [-0.2, -0.15) is 0 Å². The zero-order valence-corrected chi connectivity index (χ0v) is 15.2. The van der Waals surface area contributed by atoms with Crippen LogP contribution in [0.1, 0.15) is 28.9 Å². The molecule has 28 heavy (non-hydrogen) atoms. The van der Waals surface area contributed by atoms with Crippen molar-refractivity contribution >= 4 is 18.0 Å². The lowest BCUT2D eigenvalue weighted by Crippen LogP contribution is -2.42. The van der Waals surface area contributed by atoms with Gasteiger partial charge < -0.3 is 20.4 Å². The van der Waals surface area contributed by atoms with Gasteiger partial charge in [-0.15, -0.1) is 0 Å². The topological polar surface area (TPSA) is 120 Å². The van der Waals surface area contributed by atoms with E-state index in [-0.39, 0.29) is 23.9 Å². The third-order valence-electron chi connectivity index (χ3n) is 4.86. The Labute approximate surface area is 161 Å². The van der Waals surface area contributed by atoms with Crippen LogP contribution in [0.2, 0.25) is 0 Å². The molecule has 2 aromatic rings. The number of aromatic carboxylic acids is 1. The third kappa shape index (κ3) is 4.64. The van der Waals surface area contributed by atoms with Gasteiger partial charge in [0.15, 0.2) is 0 Å². The Morgan fingerprint density at radius 2 is 1.71 bits per heavy atom. The zero-order chi connectivity index (χ0) is 20.1. The molecule has 8 heteroatoms. The first-order chi connectivity index (χ1) is 13.4. The first-order valence-electron chi connectivity index (χ1n) is 8.98. The van der Waals surface area contributed by atoms with Crippen molar-refractivity contribution in [3.63, 3.8) is 0 Å². The van der Waals surface area contributed by atoms with Crippen molar-refractivity contribution < 1.29 is 24.6 Å². The number of nitrogens with one attached hydrogen (secondary N) is 1. The summed E-state index contributed by atoms with van der Waals surface area (Å²) in [6, 6.07) is 10.2. The number of aromatic nitrogens is 1. The third-order valence-corrected chi connectivity index (χ3v) is 4.86. The number of amides is 2. The van der Waals surface area contributed by atoms with Crippen LogP contribution in [-0.4, -0.2) is 51.2 Å². The van der Waals surface area contributed by atoms with E-state index in [0.717, 1.165) is 11.1 Å². The molecule has 2 amide bonds. The minimum absolute atomic E-state index is 0.0944. The highest BCUT2D eigenvalue weighted by Crippen LogP contribution is 2.21. The Morgan fingerprint density at radius 3 is 2.32 bits per heavy atom. The summed E-state index contributed by atoms with van der Waals surface area (Å²) in [5.41, 5.74) is 2.65. The molecule has 0 unspecified atom stereocenters. The summed E-state index contributed by atoms with van der Waals surface area (Å²) in [7, 11) is 0. The van der Waals surface area contributed by atoms with E-state index in [1.54, 1.807) is 30.5 Å². The second-order valence-electron chi connectivity index (χ2n) is 6.68. The fourth-order valence-corrected chi connectivity index (χ4v) is 3.21. The summed E-state index contributed by atoms with van der Waals surface area (Å²) < 4.78 is 0. The van der Waals surface area contributed by atoms with Crippen molar-refractivity contribution in [3.8, 4) is 11.1 Å². The predicted molar refractivity (Wildman–Crippen MR) is 101 cm³/mol.